The third-order valence-electron chi connectivity index (χ3n) is 2.04. The van der Waals surface area contributed by atoms with E-state index in [1.165, 1.54) is 0 Å². The van der Waals surface area contributed by atoms with Gasteiger partial charge in [0.05, 0.1) is 5.56 Å². The maximum atomic E-state index is 11.5. The Labute approximate surface area is 107 Å². The SMILES string of the molecule is O=C(OOc1ccc(Br)cc1)c1ccccc1. The Bertz CT molecular complexity index is 494. The minimum atomic E-state index is -0.520. The van der Waals surface area contributed by atoms with E-state index in [1.807, 2.05) is 6.07 Å². The van der Waals surface area contributed by atoms with Crippen molar-refractivity contribution in [2.24, 2.45) is 0 Å². The fourth-order valence-electron chi connectivity index (χ4n) is 1.20. The molecule has 0 spiro atoms. The molecule has 0 atom stereocenters. The quantitative estimate of drug-likeness (QED) is 0.640. The predicted molar refractivity (Wildman–Crippen MR) is 66.6 cm³/mol. The largest absolute Gasteiger partial charge is 0.386 e. The van der Waals surface area contributed by atoms with Gasteiger partial charge in [-0.1, -0.05) is 34.1 Å². The zero-order chi connectivity index (χ0) is 12.1. The summed E-state index contributed by atoms with van der Waals surface area (Å²) >= 11 is 3.30. The molecule has 17 heavy (non-hydrogen) atoms. The second kappa shape index (κ2) is 5.50. The van der Waals surface area contributed by atoms with E-state index in [0.717, 1.165) is 4.47 Å². The second-order valence-electron chi connectivity index (χ2n) is 3.27. The normalized spacial score (nSPS) is 9.71. The number of halogens is 1. The molecule has 0 aliphatic carbocycles. The highest BCUT2D eigenvalue weighted by molar-refractivity contribution is 9.10. The fourth-order valence-corrected chi connectivity index (χ4v) is 1.46. The molecule has 0 unspecified atom stereocenters. The van der Waals surface area contributed by atoms with Crippen LogP contribution in [0.3, 0.4) is 0 Å². The van der Waals surface area contributed by atoms with Crippen LogP contribution >= 0.6 is 15.9 Å². The molecular formula is C13H9BrO3. The first-order valence-corrected chi connectivity index (χ1v) is 5.74. The maximum Gasteiger partial charge on any atom is 0.386 e. The smallest absolute Gasteiger partial charge is 0.287 e. The van der Waals surface area contributed by atoms with E-state index in [0.29, 0.717) is 11.3 Å². The van der Waals surface area contributed by atoms with Crippen molar-refractivity contribution < 1.29 is 14.6 Å². The van der Waals surface area contributed by atoms with Crippen LogP contribution in [0.4, 0.5) is 0 Å². The van der Waals surface area contributed by atoms with Crippen molar-refractivity contribution in [1.29, 1.82) is 0 Å². The summed E-state index contributed by atoms with van der Waals surface area (Å²) in [4.78, 5) is 21.1. The highest BCUT2D eigenvalue weighted by Gasteiger charge is 2.07. The van der Waals surface area contributed by atoms with Gasteiger partial charge in [-0.25, -0.2) is 9.68 Å². The Hall–Kier alpha value is -1.81. The summed E-state index contributed by atoms with van der Waals surface area (Å²) < 4.78 is 0.930. The molecule has 2 aromatic carbocycles. The van der Waals surface area contributed by atoms with Gasteiger partial charge in [0.1, 0.15) is 0 Å². The summed E-state index contributed by atoms with van der Waals surface area (Å²) in [6.07, 6.45) is 0. The first-order chi connectivity index (χ1) is 8.25. The lowest BCUT2D eigenvalue weighted by Crippen LogP contribution is -2.07. The minimum absolute atomic E-state index is 0.449. The van der Waals surface area contributed by atoms with Crippen molar-refractivity contribution in [3.05, 3.63) is 64.6 Å². The van der Waals surface area contributed by atoms with Crippen LogP contribution in [0.5, 0.6) is 5.75 Å². The summed E-state index contributed by atoms with van der Waals surface area (Å²) in [5, 5.41) is 0. The van der Waals surface area contributed by atoms with Crippen molar-refractivity contribution in [2.45, 2.75) is 0 Å². The van der Waals surface area contributed by atoms with E-state index in [1.54, 1.807) is 48.5 Å². The van der Waals surface area contributed by atoms with Crippen LogP contribution in [0.1, 0.15) is 10.4 Å². The van der Waals surface area contributed by atoms with Gasteiger partial charge < -0.3 is 0 Å². The molecule has 0 fully saturated rings. The van der Waals surface area contributed by atoms with Crippen LogP contribution < -0.4 is 4.89 Å². The minimum Gasteiger partial charge on any atom is -0.287 e. The van der Waals surface area contributed by atoms with Gasteiger partial charge in [0.25, 0.3) is 0 Å². The van der Waals surface area contributed by atoms with Gasteiger partial charge in [-0.2, -0.15) is 0 Å². The zero-order valence-electron chi connectivity index (χ0n) is 8.80. The highest BCUT2D eigenvalue weighted by atomic mass is 79.9. The van der Waals surface area contributed by atoms with E-state index in [2.05, 4.69) is 15.9 Å². The molecule has 0 radical (unpaired) electrons. The Morgan fingerprint density at radius 1 is 0.941 bits per heavy atom. The number of rotatable bonds is 3. The average Bonchev–Trinajstić information content (AvgIpc) is 2.39. The topological polar surface area (TPSA) is 35.5 Å². The van der Waals surface area contributed by atoms with Crippen LogP contribution in [0.25, 0.3) is 0 Å². The Morgan fingerprint density at radius 2 is 1.59 bits per heavy atom. The van der Waals surface area contributed by atoms with E-state index >= 15 is 0 Å². The number of carbonyl (C=O) groups is 1. The summed E-state index contributed by atoms with van der Waals surface area (Å²) in [7, 11) is 0. The molecule has 0 aliphatic rings. The van der Waals surface area contributed by atoms with E-state index < -0.39 is 5.97 Å². The van der Waals surface area contributed by atoms with Crippen LogP contribution in [0.2, 0.25) is 0 Å². The first-order valence-electron chi connectivity index (χ1n) is 4.95. The first kappa shape index (κ1) is 11.7. The standard InChI is InChI=1S/C13H9BrO3/c14-11-6-8-12(9-7-11)16-17-13(15)10-4-2-1-3-5-10/h1-9H. The second-order valence-corrected chi connectivity index (χ2v) is 4.19. The molecule has 2 rings (SSSR count). The van der Waals surface area contributed by atoms with Gasteiger partial charge in [0.15, 0.2) is 5.75 Å². The molecule has 0 N–H and O–H groups in total. The Morgan fingerprint density at radius 3 is 2.24 bits per heavy atom. The molecule has 0 aliphatic heterocycles. The maximum absolute atomic E-state index is 11.5. The molecule has 2 aromatic rings. The summed E-state index contributed by atoms with van der Waals surface area (Å²) in [6.45, 7) is 0. The molecule has 0 bridgehead atoms. The lowest BCUT2D eigenvalue weighted by Gasteiger charge is -2.04. The van der Waals surface area contributed by atoms with E-state index in [-0.39, 0.29) is 0 Å². The van der Waals surface area contributed by atoms with Gasteiger partial charge in [0, 0.05) is 4.47 Å². The molecule has 0 heterocycles. The van der Waals surface area contributed by atoms with Gasteiger partial charge in [0.2, 0.25) is 0 Å². The molecule has 0 saturated heterocycles. The Kier molecular flexibility index (Phi) is 3.77. The van der Waals surface area contributed by atoms with Gasteiger partial charge in [-0.15, -0.1) is 0 Å². The third kappa shape index (κ3) is 3.32. The van der Waals surface area contributed by atoms with Crippen molar-refractivity contribution in [2.75, 3.05) is 0 Å². The molecule has 0 saturated carbocycles. The molecule has 4 heteroatoms. The predicted octanol–water partition coefficient (Wildman–Crippen LogP) is 3.60. The molecular weight excluding hydrogens is 284 g/mol. The summed E-state index contributed by atoms with van der Waals surface area (Å²) in [5.74, 6) is -0.0500. The summed E-state index contributed by atoms with van der Waals surface area (Å²) in [6, 6.07) is 15.7. The monoisotopic (exact) mass is 292 g/mol. The molecule has 0 aromatic heterocycles. The molecule has 0 amide bonds. The van der Waals surface area contributed by atoms with Crippen molar-refractivity contribution in [3.63, 3.8) is 0 Å². The van der Waals surface area contributed by atoms with Gasteiger partial charge in [-0.3, -0.25) is 4.89 Å². The third-order valence-corrected chi connectivity index (χ3v) is 2.57. The zero-order valence-corrected chi connectivity index (χ0v) is 10.4. The lowest BCUT2D eigenvalue weighted by atomic mass is 10.2. The van der Waals surface area contributed by atoms with Crippen molar-refractivity contribution in [3.8, 4) is 5.75 Å². The van der Waals surface area contributed by atoms with E-state index in [4.69, 9.17) is 9.78 Å². The van der Waals surface area contributed by atoms with Gasteiger partial charge in [-0.05, 0) is 36.4 Å². The van der Waals surface area contributed by atoms with Crippen LogP contribution in [-0.2, 0) is 4.89 Å². The molecule has 3 nitrogen and oxygen atoms in total. The average molecular weight is 293 g/mol. The number of hydrogen-bond acceptors (Lipinski definition) is 3. The van der Waals surface area contributed by atoms with Crippen LogP contribution in [0.15, 0.2) is 59.1 Å². The number of benzene rings is 2. The van der Waals surface area contributed by atoms with Crippen LogP contribution in [0, 0.1) is 0 Å². The van der Waals surface area contributed by atoms with Gasteiger partial charge >= 0.3 is 5.97 Å². The van der Waals surface area contributed by atoms with E-state index in [9.17, 15) is 4.79 Å². The number of carbonyl (C=O) groups excluding carboxylic acids is 1. The molecule has 86 valence electrons. The Balaban J connectivity index is 1.95. The highest BCUT2D eigenvalue weighted by Crippen LogP contribution is 2.16. The number of hydrogen-bond donors (Lipinski definition) is 0. The van der Waals surface area contributed by atoms with Crippen molar-refractivity contribution in [1.82, 2.24) is 0 Å². The summed E-state index contributed by atoms with van der Waals surface area (Å²) in [5.41, 5.74) is 0.449. The van der Waals surface area contributed by atoms with Crippen molar-refractivity contribution >= 4 is 21.9 Å². The lowest BCUT2D eigenvalue weighted by molar-refractivity contribution is -0.149. The fraction of sp³-hybridized carbons (Fsp3) is 0. The van der Waals surface area contributed by atoms with Crippen LogP contribution in [-0.4, -0.2) is 5.97 Å².